The van der Waals surface area contributed by atoms with Gasteiger partial charge in [-0.25, -0.2) is 4.98 Å². The summed E-state index contributed by atoms with van der Waals surface area (Å²) in [7, 11) is 1.49. The average molecular weight is 236 g/mol. The number of hydrogen-bond donors (Lipinski definition) is 1. The highest BCUT2D eigenvalue weighted by Crippen LogP contribution is 2.24. The normalized spacial score (nSPS) is 23.8. The van der Waals surface area contributed by atoms with Crippen LogP contribution in [0.1, 0.15) is 23.7 Å². The van der Waals surface area contributed by atoms with Gasteiger partial charge in [-0.15, -0.1) is 0 Å². The third kappa shape index (κ3) is 2.39. The molecule has 1 fully saturated rings. The highest BCUT2D eigenvalue weighted by Gasteiger charge is 2.35. The summed E-state index contributed by atoms with van der Waals surface area (Å²) in [5, 5.41) is 9.85. The van der Waals surface area contributed by atoms with Gasteiger partial charge in [-0.2, -0.15) is 0 Å². The van der Waals surface area contributed by atoms with Crippen molar-refractivity contribution in [1.82, 2.24) is 9.88 Å². The lowest BCUT2D eigenvalue weighted by Crippen LogP contribution is -2.34. The predicted molar refractivity (Wildman–Crippen MR) is 61.9 cm³/mol. The number of carbonyl (C=O) groups excluding carboxylic acids is 1. The van der Waals surface area contributed by atoms with E-state index in [0.29, 0.717) is 31.0 Å². The molecular weight excluding hydrogens is 220 g/mol. The first-order chi connectivity index (χ1) is 8.03. The van der Waals surface area contributed by atoms with E-state index in [1.54, 1.807) is 30.2 Å². The molecule has 92 valence electrons. The van der Waals surface area contributed by atoms with Gasteiger partial charge in [0.05, 0.1) is 12.7 Å². The summed E-state index contributed by atoms with van der Waals surface area (Å²) in [5.74, 6) is 0.178. The Bertz CT molecular complexity index is 432. The maximum atomic E-state index is 12.2. The van der Waals surface area contributed by atoms with Crippen molar-refractivity contribution in [3.8, 4) is 5.88 Å². The summed E-state index contributed by atoms with van der Waals surface area (Å²) < 4.78 is 5.06. The third-order valence-electron chi connectivity index (χ3n) is 2.93. The van der Waals surface area contributed by atoms with Crippen LogP contribution in [0, 0.1) is 0 Å². The van der Waals surface area contributed by atoms with Crippen LogP contribution in [-0.4, -0.2) is 46.7 Å². The largest absolute Gasteiger partial charge is 0.480 e. The maximum absolute atomic E-state index is 12.2. The van der Waals surface area contributed by atoms with Crippen LogP contribution in [0.2, 0.25) is 0 Å². The van der Waals surface area contributed by atoms with Gasteiger partial charge in [-0.3, -0.25) is 4.79 Å². The highest BCUT2D eigenvalue weighted by atomic mass is 16.5. The van der Waals surface area contributed by atoms with Crippen LogP contribution in [0.5, 0.6) is 5.88 Å². The fourth-order valence-electron chi connectivity index (χ4n) is 2.01. The number of nitrogens with zero attached hydrogens (tertiary/aromatic N) is 2. The SMILES string of the molecule is COc1ncccc1C(=O)N1CCC(C)(O)C1. The topological polar surface area (TPSA) is 62.7 Å². The lowest BCUT2D eigenvalue weighted by Gasteiger charge is -2.19. The Morgan fingerprint density at radius 2 is 2.41 bits per heavy atom. The van der Waals surface area contributed by atoms with Crippen LogP contribution in [0.25, 0.3) is 0 Å². The van der Waals surface area contributed by atoms with Crippen molar-refractivity contribution < 1.29 is 14.6 Å². The van der Waals surface area contributed by atoms with E-state index in [1.807, 2.05) is 0 Å². The van der Waals surface area contributed by atoms with E-state index in [-0.39, 0.29) is 5.91 Å². The Morgan fingerprint density at radius 3 is 3.00 bits per heavy atom. The van der Waals surface area contributed by atoms with Crippen LogP contribution >= 0.6 is 0 Å². The van der Waals surface area contributed by atoms with Gasteiger partial charge in [0.25, 0.3) is 5.91 Å². The predicted octanol–water partition coefficient (Wildman–Crippen LogP) is 0.687. The second-order valence-electron chi connectivity index (χ2n) is 4.53. The molecule has 1 amide bonds. The molecule has 1 aliphatic rings. The molecule has 1 aromatic rings. The summed E-state index contributed by atoms with van der Waals surface area (Å²) in [6.45, 7) is 2.65. The van der Waals surface area contributed by atoms with Crippen LogP contribution in [0.3, 0.4) is 0 Å². The second kappa shape index (κ2) is 4.33. The highest BCUT2D eigenvalue weighted by molar-refractivity contribution is 5.96. The molecule has 1 saturated heterocycles. The van der Waals surface area contributed by atoms with Crippen molar-refractivity contribution >= 4 is 5.91 Å². The van der Waals surface area contributed by atoms with Crippen molar-refractivity contribution in [3.63, 3.8) is 0 Å². The Hall–Kier alpha value is -1.62. The van der Waals surface area contributed by atoms with E-state index >= 15 is 0 Å². The van der Waals surface area contributed by atoms with Crippen molar-refractivity contribution in [2.24, 2.45) is 0 Å². The molecule has 2 rings (SSSR count). The van der Waals surface area contributed by atoms with Gasteiger partial charge in [-0.1, -0.05) is 0 Å². The zero-order chi connectivity index (χ0) is 12.5. The van der Waals surface area contributed by atoms with Gasteiger partial charge in [0, 0.05) is 19.3 Å². The van der Waals surface area contributed by atoms with E-state index in [1.165, 1.54) is 7.11 Å². The summed E-state index contributed by atoms with van der Waals surface area (Å²) in [6.07, 6.45) is 2.18. The average Bonchev–Trinajstić information content (AvgIpc) is 2.68. The molecule has 1 aliphatic heterocycles. The number of pyridine rings is 1. The Balaban J connectivity index is 2.20. The number of ether oxygens (including phenoxy) is 1. The molecule has 1 aromatic heterocycles. The number of carbonyl (C=O) groups is 1. The Kier molecular flexibility index (Phi) is 3.02. The summed E-state index contributed by atoms with van der Waals surface area (Å²) in [4.78, 5) is 17.8. The molecule has 5 nitrogen and oxygen atoms in total. The van der Waals surface area contributed by atoms with E-state index in [9.17, 15) is 9.90 Å². The van der Waals surface area contributed by atoms with E-state index in [0.717, 1.165) is 0 Å². The molecule has 0 spiro atoms. The number of methoxy groups -OCH3 is 1. The van der Waals surface area contributed by atoms with Crippen molar-refractivity contribution in [3.05, 3.63) is 23.9 Å². The van der Waals surface area contributed by atoms with Crippen LogP contribution in [0.15, 0.2) is 18.3 Å². The molecule has 0 aromatic carbocycles. The van der Waals surface area contributed by atoms with Gasteiger partial charge in [-0.05, 0) is 25.5 Å². The minimum atomic E-state index is -0.787. The van der Waals surface area contributed by atoms with Crippen LogP contribution in [-0.2, 0) is 0 Å². The molecular formula is C12H16N2O3. The molecule has 1 unspecified atom stereocenters. The van der Waals surface area contributed by atoms with Crippen LogP contribution < -0.4 is 4.74 Å². The number of hydrogen-bond acceptors (Lipinski definition) is 4. The quantitative estimate of drug-likeness (QED) is 0.820. The summed E-state index contributed by atoms with van der Waals surface area (Å²) >= 11 is 0. The van der Waals surface area contributed by atoms with Gasteiger partial charge in [0.1, 0.15) is 5.56 Å². The zero-order valence-corrected chi connectivity index (χ0v) is 10.0. The number of aromatic nitrogens is 1. The molecule has 0 aliphatic carbocycles. The summed E-state index contributed by atoms with van der Waals surface area (Å²) in [6, 6.07) is 3.38. The number of aliphatic hydroxyl groups is 1. The lowest BCUT2D eigenvalue weighted by molar-refractivity contribution is 0.0570. The molecule has 0 saturated carbocycles. The molecule has 5 heteroatoms. The molecule has 1 atom stereocenters. The van der Waals surface area contributed by atoms with Gasteiger partial charge in [0.2, 0.25) is 5.88 Å². The van der Waals surface area contributed by atoms with Crippen molar-refractivity contribution in [2.45, 2.75) is 18.9 Å². The van der Waals surface area contributed by atoms with Crippen molar-refractivity contribution in [2.75, 3.05) is 20.2 Å². The first kappa shape index (κ1) is 11.9. The lowest BCUT2D eigenvalue weighted by atomic mass is 10.1. The molecule has 2 heterocycles. The smallest absolute Gasteiger partial charge is 0.259 e. The van der Waals surface area contributed by atoms with E-state index in [4.69, 9.17) is 4.74 Å². The number of likely N-dealkylation sites (tertiary alicyclic amines) is 1. The molecule has 0 bridgehead atoms. The van der Waals surface area contributed by atoms with E-state index < -0.39 is 5.60 Å². The van der Waals surface area contributed by atoms with Gasteiger partial charge >= 0.3 is 0 Å². The Morgan fingerprint density at radius 1 is 1.65 bits per heavy atom. The second-order valence-corrected chi connectivity index (χ2v) is 4.53. The number of β-amino-alcohol motifs (C(OH)–C–C–N with tert-alkyl or cyclic N) is 1. The molecule has 1 N–H and O–H groups in total. The summed E-state index contributed by atoms with van der Waals surface area (Å²) in [5.41, 5.74) is -0.349. The first-order valence-corrected chi connectivity index (χ1v) is 5.54. The van der Waals surface area contributed by atoms with E-state index in [2.05, 4.69) is 4.98 Å². The van der Waals surface area contributed by atoms with Gasteiger partial charge < -0.3 is 14.7 Å². The van der Waals surface area contributed by atoms with Gasteiger partial charge in [0.15, 0.2) is 0 Å². The van der Waals surface area contributed by atoms with Crippen LogP contribution in [0.4, 0.5) is 0 Å². The third-order valence-corrected chi connectivity index (χ3v) is 2.93. The Labute approximate surface area is 100 Å². The maximum Gasteiger partial charge on any atom is 0.259 e. The first-order valence-electron chi connectivity index (χ1n) is 5.54. The monoisotopic (exact) mass is 236 g/mol. The molecule has 0 radical (unpaired) electrons. The molecule has 17 heavy (non-hydrogen) atoms. The minimum absolute atomic E-state index is 0.146. The fourth-order valence-corrected chi connectivity index (χ4v) is 2.01. The number of rotatable bonds is 2. The fraction of sp³-hybridized carbons (Fsp3) is 0.500. The minimum Gasteiger partial charge on any atom is -0.480 e. The van der Waals surface area contributed by atoms with Crippen molar-refractivity contribution in [1.29, 1.82) is 0 Å². The standard InChI is InChI=1S/C12H16N2O3/c1-12(16)5-7-14(8-12)11(15)9-4-3-6-13-10(9)17-2/h3-4,6,16H,5,7-8H2,1-2H3. The number of amides is 1. The zero-order valence-electron chi connectivity index (χ0n) is 10.0.